The molecule has 0 radical (unpaired) electrons. The van der Waals surface area contributed by atoms with Crippen molar-refractivity contribution >= 4 is 27.5 Å². The van der Waals surface area contributed by atoms with E-state index in [2.05, 4.69) is 4.90 Å². The summed E-state index contributed by atoms with van der Waals surface area (Å²) in [6.07, 6.45) is 6.11. The van der Waals surface area contributed by atoms with Gasteiger partial charge in [0, 0.05) is 12.8 Å². The molecule has 0 saturated carbocycles. The maximum absolute atomic E-state index is 12.3. The van der Waals surface area contributed by atoms with Crippen molar-refractivity contribution in [3.63, 3.8) is 0 Å². The molecule has 2 aliphatic rings. The Balaban J connectivity index is 1.61. The average Bonchev–Trinajstić information content (AvgIpc) is 2.96. The molecule has 1 atom stereocenters. The van der Waals surface area contributed by atoms with Crippen molar-refractivity contribution in [1.82, 2.24) is 9.80 Å². The normalized spacial score (nSPS) is 22.5. The Bertz CT molecular complexity index is 698. The third-order valence-corrected chi connectivity index (χ3v) is 7.27. The van der Waals surface area contributed by atoms with E-state index in [0.717, 1.165) is 25.1 Å². The van der Waals surface area contributed by atoms with Crippen LogP contribution in [0, 0.1) is 0 Å². The second-order valence-corrected chi connectivity index (χ2v) is 9.93. The number of sulfone groups is 1. The standard InChI is InChI=1S/C18H26N2O3S2/c1-25(22,23)16-8-6-15(7-9-16)18-20(17(21)14-24-18)13-5-12-19-10-3-2-4-11-19/h6-9,18H,2-5,10-14H2,1H3. The number of amides is 1. The molecule has 2 saturated heterocycles. The smallest absolute Gasteiger partial charge is 0.233 e. The highest BCUT2D eigenvalue weighted by atomic mass is 32.2. The van der Waals surface area contributed by atoms with E-state index in [1.165, 1.54) is 38.6 Å². The molecule has 1 unspecified atom stereocenters. The van der Waals surface area contributed by atoms with Gasteiger partial charge in [0.25, 0.3) is 0 Å². The highest BCUT2D eigenvalue weighted by Gasteiger charge is 2.32. The molecule has 0 aliphatic carbocycles. The summed E-state index contributed by atoms with van der Waals surface area (Å²) in [6.45, 7) is 4.17. The maximum Gasteiger partial charge on any atom is 0.233 e. The maximum atomic E-state index is 12.3. The van der Waals surface area contributed by atoms with Gasteiger partial charge in [0.2, 0.25) is 5.91 Å². The van der Waals surface area contributed by atoms with Crippen LogP contribution < -0.4 is 0 Å². The number of hydrogen-bond donors (Lipinski definition) is 0. The minimum Gasteiger partial charge on any atom is -0.326 e. The largest absolute Gasteiger partial charge is 0.326 e. The first-order valence-corrected chi connectivity index (χ1v) is 11.8. The molecule has 0 N–H and O–H groups in total. The summed E-state index contributed by atoms with van der Waals surface area (Å²) in [5, 5.41) is 0.00228. The summed E-state index contributed by atoms with van der Waals surface area (Å²) >= 11 is 1.62. The third kappa shape index (κ3) is 4.77. The van der Waals surface area contributed by atoms with Crippen LogP contribution in [0.3, 0.4) is 0 Å². The summed E-state index contributed by atoms with van der Waals surface area (Å²) in [4.78, 5) is 17.0. The number of rotatable bonds is 6. The fraction of sp³-hybridized carbons (Fsp3) is 0.611. The number of thioether (sulfide) groups is 1. The fourth-order valence-electron chi connectivity index (χ4n) is 3.50. The fourth-order valence-corrected chi connectivity index (χ4v) is 5.35. The van der Waals surface area contributed by atoms with E-state index in [-0.39, 0.29) is 11.3 Å². The Morgan fingerprint density at radius 1 is 1.08 bits per heavy atom. The zero-order valence-electron chi connectivity index (χ0n) is 14.7. The average molecular weight is 383 g/mol. The van der Waals surface area contributed by atoms with E-state index in [1.54, 1.807) is 23.9 Å². The highest BCUT2D eigenvalue weighted by molar-refractivity contribution is 8.00. The number of benzene rings is 1. The minimum atomic E-state index is -3.19. The quantitative estimate of drug-likeness (QED) is 0.757. The molecule has 138 valence electrons. The van der Waals surface area contributed by atoms with Gasteiger partial charge in [0.15, 0.2) is 9.84 Å². The van der Waals surface area contributed by atoms with Crippen molar-refractivity contribution in [1.29, 1.82) is 0 Å². The topological polar surface area (TPSA) is 57.7 Å². The molecule has 2 fully saturated rings. The third-order valence-electron chi connectivity index (χ3n) is 4.88. The van der Waals surface area contributed by atoms with Crippen molar-refractivity contribution < 1.29 is 13.2 Å². The SMILES string of the molecule is CS(=O)(=O)c1ccc(C2SCC(=O)N2CCCN2CCCCC2)cc1. The molecule has 25 heavy (non-hydrogen) atoms. The van der Waals surface area contributed by atoms with Crippen LogP contribution >= 0.6 is 11.8 Å². The van der Waals surface area contributed by atoms with Gasteiger partial charge < -0.3 is 9.80 Å². The van der Waals surface area contributed by atoms with E-state index in [9.17, 15) is 13.2 Å². The van der Waals surface area contributed by atoms with E-state index in [4.69, 9.17) is 0 Å². The van der Waals surface area contributed by atoms with E-state index < -0.39 is 9.84 Å². The lowest BCUT2D eigenvalue weighted by molar-refractivity contribution is -0.128. The van der Waals surface area contributed by atoms with Gasteiger partial charge in [-0.15, -0.1) is 11.8 Å². The van der Waals surface area contributed by atoms with Gasteiger partial charge in [0.1, 0.15) is 5.37 Å². The second kappa shape index (κ2) is 8.10. The van der Waals surface area contributed by atoms with Gasteiger partial charge in [-0.1, -0.05) is 18.6 Å². The minimum absolute atomic E-state index is 0.00228. The van der Waals surface area contributed by atoms with Crippen LogP contribution in [0.4, 0.5) is 0 Å². The second-order valence-electron chi connectivity index (χ2n) is 6.85. The first kappa shape index (κ1) is 18.7. The molecule has 0 spiro atoms. The number of nitrogens with zero attached hydrogens (tertiary/aromatic N) is 2. The first-order chi connectivity index (χ1) is 11.9. The molecule has 1 aromatic carbocycles. The molecule has 0 bridgehead atoms. The monoisotopic (exact) mass is 382 g/mol. The molecular formula is C18H26N2O3S2. The molecule has 7 heteroatoms. The van der Waals surface area contributed by atoms with Crippen LogP contribution in [0.25, 0.3) is 0 Å². The Morgan fingerprint density at radius 3 is 2.40 bits per heavy atom. The van der Waals surface area contributed by atoms with E-state index >= 15 is 0 Å². The van der Waals surface area contributed by atoms with Crippen LogP contribution in [0.15, 0.2) is 29.2 Å². The lowest BCUT2D eigenvalue weighted by Crippen LogP contribution is -2.34. The van der Waals surface area contributed by atoms with Gasteiger partial charge in [-0.05, 0) is 56.6 Å². The Hall–Kier alpha value is -1.05. The van der Waals surface area contributed by atoms with Crippen molar-refractivity contribution in [2.75, 3.05) is 38.2 Å². The molecule has 0 aromatic heterocycles. The lowest BCUT2D eigenvalue weighted by atomic mass is 10.1. The van der Waals surface area contributed by atoms with Crippen LogP contribution in [0.2, 0.25) is 0 Å². The summed E-state index contributed by atoms with van der Waals surface area (Å²) < 4.78 is 23.2. The summed E-state index contributed by atoms with van der Waals surface area (Å²) in [5.74, 6) is 0.684. The Morgan fingerprint density at radius 2 is 1.76 bits per heavy atom. The summed E-state index contributed by atoms with van der Waals surface area (Å²) in [7, 11) is -3.19. The van der Waals surface area contributed by atoms with Gasteiger partial charge >= 0.3 is 0 Å². The Kier molecular flexibility index (Phi) is 6.07. The lowest BCUT2D eigenvalue weighted by Gasteiger charge is -2.29. The summed E-state index contributed by atoms with van der Waals surface area (Å²) in [5.41, 5.74) is 1.00. The van der Waals surface area contributed by atoms with Crippen LogP contribution in [0.5, 0.6) is 0 Å². The predicted molar refractivity (Wildman–Crippen MR) is 101 cm³/mol. The van der Waals surface area contributed by atoms with Crippen molar-refractivity contribution in [2.24, 2.45) is 0 Å². The van der Waals surface area contributed by atoms with Crippen molar-refractivity contribution in [2.45, 2.75) is 36.0 Å². The van der Waals surface area contributed by atoms with Gasteiger partial charge in [-0.3, -0.25) is 4.79 Å². The zero-order chi connectivity index (χ0) is 17.9. The molecular weight excluding hydrogens is 356 g/mol. The molecule has 1 aromatic rings. The van der Waals surface area contributed by atoms with Gasteiger partial charge in [-0.2, -0.15) is 0 Å². The molecule has 5 nitrogen and oxygen atoms in total. The molecule has 2 heterocycles. The van der Waals surface area contributed by atoms with Crippen molar-refractivity contribution in [3.05, 3.63) is 29.8 Å². The van der Waals surface area contributed by atoms with Crippen LogP contribution in [-0.4, -0.2) is 62.3 Å². The number of carbonyl (C=O) groups excluding carboxylic acids is 1. The molecule has 1 amide bonds. The van der Waals surface area contributed by atoms with Gasteiger partial charge in [0.05, 0.1) is 10.6 Å². The molecule has 3 rings (SSSR count). The highest BCUT2D eigenvalue weighted by Crippen LogP contribution is 2.38. The van der Waals surface area contributed by atoms with Gasteiger partial charge in [-0.25, -0.2) is 8.42 Å². The molecule has 2 aliphatic heterocycles. The number of carbonyl (C=O) groups is 1. The van der Waals surface area contributed by atoms with Crippen LogP contribution in [-0.2, 0) is 14.6 Å². The van der Waals surface area contributed by atoms with Crippen molar-refractivity contribution in [3.8, 4) is 0 Å². The van der Waals surface area contributed by atoms with Crippen LogP contribution in [0.1, 0.15) is 36.6 Å². The van der Waals surface area contributed by atoms with E-state index in [0.29, 0.717) is 10.6 Å². The first-order valence-electron chi connectivity index (χ1n) is 8.88. The Labute approximate surface area is 154 Å². The summed E-state index contributed by atoms with van der Waals surface area (Å²) in [6, 6.07) is 6.95. The number of likely N-dealkylation sites (tertiary alicyclic amines) is 1. The number of piperidine rings is 1. The number of hydrogen-bond acceptors (Lipinski definition) is 5. The van der Waals surface area contributed by atoms with E-state index in [1.807, 2.05) is 17.0 Å². The zero-order valence-corrected chi connectivity index (χ0v) is 16.3. The predicted octanol–water partition coefficient (Wildman–Crippen LogP) is 2.54.